The summed E-state index contributed by atoms with van der Waals surface area (Å²) >= 11 is 0. The highest BCUT2D eigenvalue weighted by Crippen LogP contribution is 2.17. The fraction of sp³-hybridized carbons (Fsp3) is 0.643. The van der Waals surface area contributed by atoms with E-state index in [0.29, 0.717) is 0 Å². The van der Waals surface area contributed by atoms with Crippen LogP contribution < -0.4 is 10.2 Å². The average molecular weight is 235 g/mol. The number of nitrogens with zero attached hydrogens (tertiary/aromatic N) is 2. The van der Waals surface area contributed by atoms with Crippen molar-refractivity contribution in [3.8, 4) is 0 Å². The molecule has 3 nitrogen and oxygen atoms in total. The van der Waals surface area contributed by atoms with Gasteiger partial charge in [0.1, 0.15) is 5.82 Å². The molecule has 3 heteroatoms. The molecule has 0 spiro atoms. The Morgan fingerprint density at radius 2 is 1.82 bits per heavy atom. The Labute approximate surface area is 105 Å². The van der Waals surface area contributed by atoms with E-state index in [0.717, 1.165) is 31.1 Å². The van der Waals surface area contributed by atoms with Crippen LogP contribution in [0, 0.1) is 5.41 Å². The van der Waals surface area contributed by atoms with E-state index in [1.54, 1.807) is 0 Å². The van der Waals surface area contributed by atoms with E-state index in [2.05, 4.69) is 62.0 Å². The van der Waals surface area contributed by atoms with Gasteiger partial charge in [-0.3, -0.25) is 0 Å². The molecule has 96 valence electrons. The predicted octanol–water partition coefficient (Wildman–Crippen LogP) is 3.39. The highest BCUT2D eigenvalue weighted by Gasteiger charge is 2.09. The van der Waals surface area contributed by atoms with E-state index in [4.69, 9.17) is 0 Å². The Balaban J connectivity index is 2.62. The lowest BCUT2D eigenvalue weighted by Crippen LogP contribution is -2.23. The third kappa shape index (κ3) is 4.63. The Bertz CT molecular complexity index is 320. The van der Waals surface area contributed by atoms with Gasteiger partial charge in [-0.15, -0.1) is 0 Å². The smallest absolute Gasteiger partial charge is 0.128 e. The van der Waals surface area contributed by atoms with Crippen molar-refractivity contribution in [2.24, 2.45) is 5.41 Å². The lowest BCUT2D eigenvalue weighted by Gasteiger charge is -2.21. The predicted molar refractivity (Wildman–Crippen MR) is 75.7 cm³/mol. The van der Waals surface area contributed by atoms with Crippen LogP contribution in [0.15, 0.2) is 18.3 Å². The quantitative estimate of drug-likeness (QED) is 0.848. The standard InChI is InChI=1S/C14H25N3/c1-6-17(7-2)13-9-8-12(10-15-13)16-11-14(3,4)5/h8-10,16H,6-7,11H2,1-5H3. The van der Waals surface area contributed by atoms with Crippen molar-refractivity contribution < 1.29 is 0 Å². The first kappa shape index (κ1) is 13.8. The highest BCUT2D eigenvalue weighted by molar-refractivity contribution is 5.48. The van der Waals surface area contributed by atoms with Crippen molar-refractivity contribution in [1.82, 2.24) is 4.98 Å². The normalized spacial score (nSPS) is 11.4. The van der Waals surface area contributed by atoms with E-state index in [-0.39, 0.29) is 5.41 Å². The van der Waals surface area contributed by atoms with Crippen LogP contribution in [0.3, 0.4) is 0 Å². The molecule has 0 fully saturated rings. The minimum atomic E-state index is 0.289. The molecule has 0 aliphatic heterocycles. The van der Waals surface area contributed by atoms with Crippen molar-refractivity contribution >= 4 is 11.5 Å². The van der Waals surface area contributed by atoms with Crippen molar-refractivity contribution in [3.05, 3.63) is 18.3 Å². The molecule has 0 unspecified atom stereocenters. The second-order valence-corrected chi connectivity index (χ2v) is 5.49. The summed E-state index contributed by atoms with van der Waals surface area (Å²) in [6.07, 6.45) is 1.92. The molecule has 0 atom stereocenters. The van der Waals surface area contributed by atoms with Crippen LogP contribution in [0.5, 0.6) is 0 Å². The van der Waals surface area contributed by atoms with Crippen molar-refractivity contribution in [2.45, 2.75) is 34.6 Å². The second-order valence-electron chi connectivity index (χ2n) is 5.49. The number of nitrogens with one attached hydrogen (secondary N) is 1. The number of pyridine rings is 1. The molecule has 1 aromatic heterocycles. The van der Waals surface area contributed by atoms with Crippen molar-refractivity contribution in [3.63, 3.8) is 0 Å². The summed E-state index contributed by atoms with van der Waals surface area (Å²) in [6, 6.07) is 4.18. The summed E-state index contributed by atoms with van der Waals surface area (Å²) in [5.74, 6) is 1.05. The Kier molecular flexibility index (Phi) is 4.79. The maximum Gasteiger partial charge on any atom is 0.128 e. The topological polar surface area (TPSA) is 28.2 Å². The number of hydrogen-bond donors (Lipinski definition) is 1. The van der Waals surface area contributed by atoms with E-state index in [9.17, 15) is 0 Å². The summed E-state index contributed by atoms with van der Waals surface area (Å²) in [6.45, 7) is 13.9. The average Bonchev–Trinajstić information content (AvgIpc) is 2.29. The molecule has 0 radical (unpaired) electrons. The van der Waals surface area contributed by atoms with Crippen LogP contribution >= 0.6 is 0 Å². The van der Waals surface area contributed by atoms with Crippen LogP contribution in [-0.2, 0) is 0 Å². The van der Waals surface area contributed by atoms with Gasteiger partial charge in [0.15, 0.2) is 0 Å². The fourth-order valence-corrected chi connectivity index (χ4v) is 1.59. The molecule has 0 amide bonds. The molecule has 0 aliphatic rings. The Morgan fingerprint density at radius 1 is 1.18 bits per heavy atom. The van der Waals surface area contributed by atoms with E-state index in [1.165, 1.54) is 0 Å². The maximum atomic E-state index is 4.48. The van der Waals surface area contributed by atoms with Gasteiger partial charge in [-0.2, -0.15) is 0 Å². The number of aromatic nitrogens is 1. The lowest BCUT2D eigenvalue weighted by atomic mass is 9.97. The van der Waals surface area contributed by atoms with Gasteiger partial charge in [0.25, 0.3) is 0 Å². The summed E-state index contributed by atoms with van der Waals surface area (Å²) in [7, 11) is 0. The molecule has 0 aromatic carbocycles. The molecule has 0 bridgehead atoms. The van der Waals surface area contributed by atoms with E-state index >= 15 is 0 Å². The Morgan fingerprint density at radius 3 is 2.24 bits per heavy atom. The van der Waals surface area contributed by atoms with Gasteiger partial charge in [-0.1, -0.05) is 20.8 Å². The van der Waals surface area contributed by atoms with Gasteiger partial charge in [-0.25, -0.2) is 4.98 Å². The van der Waals surface area contributed by atoms with Gasteiger partial charge in [0.05, 0.1) is 11.9 Å². The van der Waals surface area contributed by atoms with Gasteiger partial charge in [-0.05, 0) is 31.4 Å². The molecule has 1 N–H and O–H groups in total. The molecular formula is C14H25N3. The fourth-order valence-electron chi connectivity index (χ4n) is 1.59. The SMILES string of the molecule is CCN(CC)c1ccc(NCC(C)(C)C)cn1. The van der Waals surface area contributed by atoms with Crippen LogP contribution in [-0.4, -0.2) is 24.6 Å². The first-order valence-corrected chi connectivity index (χ1v) is 6.41. The third-order valence-corrected chi connectivity index (χ3v) is 2.66. The van der Waals surface area contributed by atoms with Gasteiger partial charge >= 0.3 is 0 Å². The van der Waals surface area contributed by atoms with E-state index < -0.39 is 0 Å². The molecule has 1 heterocycles. The van der Waals surface area contributed by atoms with Gasteiger partial charge in [0, 0.05) is 19.6 Å². The summed E-state index contributed by atoms with van der Waals surface area (Å²) < 4.78 is 0. The summed E-state index contributed by atoms with van der Waals surface area (Å²) in [5.41, 5.74) is 1.38. The third-order valence-electron chi connectivity index (χ3n) is 2.66. The zero-order valence-corrected chi connectivity index (χ0v) is 11.7. The summed E-state index contributed by atoms with van der Waals surface area (Å²) in [5, 5.41) is 3.41. The number of anilines is 2. The molecule has 17 heavy (non-hydrogen) atoms. The Hall–Kier alpha value is -1.25. The largest absolute Gasteiger partial charge is 0.383 e. The minimum absolute atomic E-state index is 0.289. The van der Waals surface area contributed by atoms with Crippen molar-refractivity contribution in [2.75, 3.05) is 29.9 Å². The van der Waals surface area contributed by atoms with Gasteiger partial charge in [0.2, 0.25) is 0 Å². The monoisotopic (exact) mass is 235 g/mol. The first-order chi connectivity index (χ1) is 7.96. The van der Waals surface area contributed by atoms with Crippen molar-refractivity contribution in [1.29, 1.82) is 0 Å². The molecule has 1 rings (SSSR count). The minimum Gasteiger partial charge on any atom is -0.383 e. The maximum absolute atomic E-state index is 4.48. The first-order valence-electron chi connectivity index (χ1n) is 6.41. The van der Waals surface area contributed by atoms with Gasteiger partial charge < -0.3 is 10.2 Å². The molecule has 0 aliphatic carbocycles. The molecular weight excluding hydrogens is 210 g/mol. The zero-order valence-electron chi connectivity index (χ0n) is 11.7. The molecule has 0 saturated heterocycles. The zero-order chi connectivity index (χ0) is 12.9. The van der Waals surface area contributed by atoms with Crippen LogP contribution in [0.25, 0.3) is 0 Å². The molecule has 1 aromatic rings. The second kappa shape index (κ2) is 5.89. The molecule has 0 saturated carbocycles. The van der Waals surface area contributed by atoms with Crippen LogP contribution in [0.2, 0.25) is 0 Å². The van der Waals surface area contributed by atoms with Crippen LogP contribution in [0.1, 0.15) is 34.6 Å². The summed E-state index contributed by atoms with van der Waals surface area (Å²) in [4.78, 5) is 6.73. The lowest BCUT2D eigenvalue weighted by molar-refractivity contribution is 0.443. The van der Waals surface area contributed by atoms with Crippen LogP contribution in [0.4, 0.5) is 11.5 Å². The number of rotatable bonds is 5. The highest BCUT2D eigenvalue weighted by atomic mass is 15.2. The van der Waals surface area contributed by atoms with E-state index in [1.807, 2.05) is 6.20 Å². The number of hydrogen-bond acceptors (Lipinski definition) is 3.